The molecular weight excluding hydrogens is 232 g/mol. The zero-order chi connectivity index (χ0) is 13.0. The highest BCUT2D eigenvalue weighted by Gasteiger charge is 2.21. The number of likely N-dealkylation sites (N-methyl/N-ethyl adjacent to an activating group) is 1. The summed E-state index contributed by atoms with van der Waals surface area (Å²) in [5, 5.41) is 6.88. The molecule has 2 rings (SSSR count). The number of aromatic nitrogens is 1. The van der Waals surface area contributed by atoms with Gasteiger partial charge in [0, 0.05) is 38.8 Å². The minimum Gasteiger partial charge on any atom is -0.361 e. The fourth-order valence-corrected chi connectivity index (χ4v) is 2.14. The van der Waals surface area contributed by atoms with E-state index in [2.05, 4.69) is 15.4 Å². The molecule has 0 bridgehead atoms. The third-order valence-electron chi connectivity index (χ3n) is 3.12. The SMILES string of the molecule is CNCC(=O)N1CCN(Cc2cc(C)on2)CC1. The lowest BCUT2D eigenvalue weighted by molar-refractivity contribution is -0.131. The predicted molar refractivity (Wildman–Crippen MR) is 67.0 cm³/mol. The first-order chi connectivity index (χ1) is 8.69. The van der Waals surface area contributed by atoms with E-state index in [9.17, 15) is 4.79 Å². The highest BCUT2D eigenvalue weighted by atomic mass is 16.5. The van der Waals surface area contributed by atoms with E-state index in [-0.39, 0.29) is 5.91 Å². The van der Waals surface area contributed by atoms with Crippen molar-refractivity contribution < 1.29 is 9.32 Å². The van der Waals surface area contributed by atoms with Crippen molar-refractivity contribution in [2.24, 2.45) is 0 Å². The van der Waals surface area contributed by atoms with Gasteiger partial charge in [-0.2, -0.15) is 0 Å². The molecule has 1 fully saturated rings. The van der Waals surface area contributed by atoms with Crippen molar-refractivity contribution in [2.45, 2.75) is 13.5 Å². The summed E-state index contributed by atoms with van der Waals surface area (Å²) in [6.45, 7) is 6.47. The molecule has 100 valence electrons. The van der Waals surface area contributed by atoms with Crippen molar-refractivity contribution in [3.8, 4) is 0 Å². The second-order valence-corrected chi connectivity index (χ2v) is 4.62. The van der Waals surface area contributed by atoms with Crippen LogP contribution in [0.1, 0.15) is 11.5 Å². The molecule has 0 unspecified atom stereocenters. The van der Waals surface area contributed by atoms with E-state index in [1.54, 1.807) is 7.05 Å². The fourth-order valence-electron chi connectivity index (χ4n) is 2.14. The molecule has 0 saturated carbocycles. The van der Waals surface area contributed by atoms with Crippen molar-refractivity contribution in [3.63, 3.8) is 0 Å². The van der Waals surface area contributed by atoms with Crippen molar-refractivity contribution in [3.05, 3.63) is 17.5 Å². The zero-order valence-electron chi connectivity index (χ0n) is 11.0. The molecule has 1 N–H and O–H groups in total. The Labute approximate surface area is 107 Å². The summed E-state index contributed by atoms with van der Waals surface area (Å²) in [7, 11) is 1.79. The Morgan fingerprint density at radius 2 is 2.17 bits per heavy atom. The summed E-state index contributed by atoms with van der Waals surface area (Å²) in [5.41, 5.74) is 0.961. The second-order valence-electron chi connectivity index (χ2n) is 4.62. The van der Waals surface area contributed by atoms with Crippen molar-refractivity contribution in [2.75, 3.05) is 39.8 Å². The molecule has 1 aliphatic rings. The lowest BCUT2D eigenvalue weighted by Crippen LogP contribution is -2.50. The van der Waals surface area contributed by atoms with Crippen molar-refractivity contribution in [1.82, 2.24) is 20.3 Å². The molecule has 0 spiro atoms. The standard InChI is InChI=1S/C12H20N4O2/c1-10-7-11(14-18-10)9-15-3-5-16(6-4-15)12(17)8-13-2/h7,13H,3-6,8-9H2,1-2H3. The van der Waals surface area contributed by atoms with Gasteiger partial charge < -0.3 is 14.7 Å². The lowest BCUT2D eigenvalue weighted by atomic mass is 10.2. The van der Waals surface area contributed by atoms with Crippen LogP contribution in [0.3, 0.4) is 0 Å². The van der Waals surface area contributed by atoms with Gasteiger partial charge in [-0.3, -0.25) is 9.69 Å². The first kappa shape index (κ1) is 13.0. The van der Waals surface area contributed by atoms with E-state index < -0.39 is 0 Å². The molecule has 0 radical (unpaired) electrons. The smallest absolute Gasteiger partial charge is 0.236 e. The number of rotatable bonds is 4. The van der Waals surface area contributed by atoms with Crippen LogP contribution in [0, 0.1) is 6.92 Å². The van der Waals surface area contributed by atoms with Gasteiger partial charge >= 0.3 is 0 Å². The van der Waals surface area contributed by atoms with E-state index in [0.29, 0.717) is 6.54 Å². The molecule has 6 nitrogen and oxygen atoms in total. The van der Waals surface area contributed by atoms with Crippen LogP contribution in [-0.4, -0.2) is 60.6 Å². The highest BCUT2D eigenvalue weighted by Crippen LogP contribution is 2.08. The van der Waals surface area contributed by atoms with Crippen LogP contribution >= 0.6 is 0 Å². The van der Waals surface area contributed by atoms with Gasteiger partial charge in [-0.05, 0) is 14.0 Å². The van der Waals surface area contributed by atoms with Gasteiger partial charge in [0.2, 0.25) is 5.91 Å². The van der Waals surface area contributed by atoms with Gasteiger partial charge in [0.25, 0.3) is 0 Å². The molecule has 6 heteroatoms. The monoisotopic (exact) mass is 252 g/mol. The van der Waals surface area contributed by atoms with Crippen molar-refractivity contribution in [1.29, 1.82) is 0 Å². The fraction of sp³-hybridized carbons (Fsp3) is 0.667. The lowest BCUT2D eigenvalue weighted by Gasteiger charge is -2.34. The van der Waals surface area contributed by atoms with Gasteiger partial charge in [-0.15, -0.1) is 0 Å². The maximum atomic E-state index is 11.7. The number of aryl methyl sites for hydroxylation is 1. The molecule has 1 saturated heterocycles. The third-order valence-corrected chi connectivity index (χ3v) is 3.12. The number of nitrogens with zero attached hydrogens (tertiary/aromatic N) is 3. The number of hydrogen-bond acceptors (Lipinski definition) is 5. The van der Waals surface area contributed by atoms with Gasteiger partial charge in [0.15, 0.2) is 0 Å². The summed E-state index contributed by atoms with van der Waals surface area (Å²) >= 11 is 0. The van der Waals surface area contributed by atoms with E-state index in [4.69, 9.17) is 4.52 Å². The molecule has 1 aliphatic heterocycles. The summed E-state index contributed by atoms with van der Waals surface area (Å²) in [4.78, 5) is 15.9. The van der Waals surface area contributed by atoms with Crippen LogP contribution in [-0.2, 0) is 11.3 Å². The first-order valence-electron chi connectivity index (χ1n) is 6.26. The third kappa shape index (κ3) is 3.30. The Bertz CT molecular complexity index is 397. The molecule has 0 atom stereocenters. The summed E-state index contributed by atoms with van der Waals surface area (Å²) < 4.78 is 5.05. The zero-order valence-corrected chi connectivity index (χ0v) is 11.0. The minimum absolute atomic E-state index is 0.175. The molecule has 1 amide bonds. The minimum atomic E-state index is 0.175. The maximum Gasteiger partial charge on any atom is 0.236 e. The molecule has 0 aliphatic carbocycles. The Hall–Kier alpha value is -1.40. The Morgan fingerprint density at radius 3 is 2.72 bits per heavy atom. The van der Waals surface area contributed by atoms with Gasteiger partial charge in [0.05, 0.1) is 12.2 Å². The van der Waals surface area contributed by atoms with E-state index in [0.717, 1.165) is 44.2 Å². The molecule has 1 aromatic heterocycles. The van der Waals surface area contributed by atoms with Crippen LogP contribution in [0.4, 0.5) is 0 Å². The van der Waals surface area contributed by atoms with Crippen LogP contribution < -0.4 is 5.32 Å². The molecule has 2 heterocycles. The van der Waals surface area contributed by atoms with Gasteiger partial charge in [-0.1, -0.05) is 5.16 Å². The van der Waals surface area contributed by atoms with Crippen molar-refractivity contribution >= 4 is 5.91 Å². The topological polar surface area (TPSA) is 61.6 Å². The van der Waals surface area contributed by atoms with Gasteiger partial charge in [-0.25, -0.2) is 0 Å². The molecule has 0 aromatic carbocycles. The number of nitrogens with one attached hydrogen (secondary N) is 1. The average Bonchev–Trinajstić information content (AvgIpc) is 2.76. The van der Waals surface area contributed by atoms with Gasteiger partial charge in [0.1, 0.15) is 5.76 Å². The Kier molecular flexibility index (Phi) is 4.33. The highest BCUT2D eigenvalue weighted by molar-refractivity contribution is 5.78. The summed E-state index contributed by atoms with van der Waals surface area (Å²) in [6, 6.07) is 1.96. The van der Waals surface area contributed by atoms with Crippen LogP contribution in [0.15, 0.2) is 10.6 Å². The van der Waals surface area contributed by atoms with E-state index in [1.165, 1.54) is 0 Å². The predicted octanol–water partition coefficient (Wildman–Crippen LogP) is -0.153. The number of carbonyl (C=O) groups is 1. The van der Waals surface area contributed by atoms with E-state index >= 15 is 0 Å². The number of carbonyl (C=O) groups excluding carboxylic acids is 1. The average molecular weight is 252 g/mol. The molecular formula is C12H20N4O2. The summed E-state index contributed by atoms with van der Waals surface area (Å²) in [6.07, 6.45) is 0. The van der Waals surface area contributed by atoms with E-state index in [1.807, 2.05) is 17.9 Å². The molecule has 1 aromatic rings. The van der Waals surface area contributed by atoms with Crippen LogP contribution in [0.5, 0.6) is 0 Å². The quantitative estimate of drug-likeness (QED) is 0.807. The maximum absolute atomic E-state index is 11.7. The summed E-state index contributed by atoms with van der Waals surface area (Å²) in [5.74, 6) is 1.02. The molecule has 18 heavy (non-hydrogen) atoms. The number of amides is 1. The Morgan fingerprint density at radius 1 is 1.44 bits per heavy atom. The first-order valence-corrected chi connectivity index (χ1v) is 6.26. The normalized spacial score (nSPS) is 17.1. The number of piperazine rings is 1. The number of hydrogen-bond donors (Lipinski definition) is 1. The van der Waals surface area contributed by atoms with Crippen LogP contribution in [0.25, 0.3) is 0 Å². The van der Waals surface area contributed by atoms with Crippen LogP contribution in [0.2, 0.25) is 0 Å². The largest absolute Gasteiger partial charge is 0.361 e. The Balaban J connectivity index is 1.78. The second kappa shape index (κ2) is 5.97.